The van der Waals surface area contributed by atoms with Crippen LogP contribution in [0.15, 0.2) is 23.1 Å². The van der Waals surface area contributed by atoms with Crippen LogP contribution in [0.1, 0.15) is 50.4 Å². The van der Waals surface area contributed by atoms with Gasteiger partial charge in [0.15, 0.2) is 0 Å². The molecule has 142 valence electrons. The Hall–Kier alpha value is -1.64. The predicted octanol–water partition coefficient (Wildman–Crippen LogP) is 2.69. The van der Waals surface area contributed by atoms with Crippen molar-refractivity contribution in [2.45, 2.75) is 51.0 Å². The van der Waals surface area contributed by atoms with Crippen molar-refractivity contribution in [3.63, 3.8) is 0 Å². The summed E-state index contributed by atoms with van der Waals surface area (Å²) in [7, 11) is -3.76. The number of aromatic carboxylic acids is 1. The van der Waals surface area contributed by atoms with Crippen molar-refractivity contribution in [2.24, 2.45) is 0 Å². The number of carboxylic acid groups (broad SMARTS) is 1. The molecule has 0 heterocycles. The maximum Gasteiger partial charge on any atom is 0.337 e. The summed E-state index contributed by atoms with van der Waals surface area (Å²) in [6, 6.07) is 4.21. The fraction of sp³-hybridized carbons (Fsp3) is 0.588. The summed E-state index contributed by atoms with van der Waals surface area (Å²) >= 11 is 0. The topological polar surface area (TPSA) is 105 Å². The summed E-state index contributed by atoms with van der Waals surface area (Å²) in [6.07, 6.45) is 2.40. The van der Waals surface area contributed by atoms with E-state index in [2.05, 4.69) is 10.0 Å². The van der Waals surface area contributed by atoms with Crippen LogP contribution >= 0.6 is 0 Å². The Morgan fingerprint density at radius 3 is 2.64 bits per heavy atom. The van der Waals surface area contributed by atoms with Crippen LogP contribution in [0.25, 0.3) is 0 Å². The lowest BCUT2D eigenvalue weighted by atomic mass is 10.1. The standard InChI is InChI=1S/C17H28N2O5S/c1-4-7-13(3)19-16-9-8-14(12-15(16)17(20)21)25(22,23)18-10-6-11-24-5-2/h8-9,12-13,18-19H,4-7,10-11H2,1-3H3,(H,20,21)/t13-/m1/s1. The third-order valence-corrected chi connectivity index (χ3v) is 5.08. The lowest BCUT2D eigenvalue weighted by molar-refractivity contribution is 0.0697. The first-order valence-corrected chi connectivity index (χ1v) is 10.0. The van der Waals surface area contributed by atoms with E-state index in [9.17, 15) is 18.3 Å². The molecule has 0 aliphatic carbocycles. The zero-order chi connectivity index (χ0) is 18.9. The quantitative estimate of drug-likeness (QED) is 0.487. The van der Waals surface area contributed by atoms with Gasteiger partial charge in [-0.2, -0.15) is 0 Å². The third kappa shape index (κ3) is 7.01. The highest BCUT2D eigenvalue weighted by Gasteiger charge is 2.19. The Balaban J connectivity index is 2.90. The minimum absolute atomic E-state index is 0.0554. The Morgan fingerprint density at radius 1 is 1.32 bits per heavy atom. The molecule has 1 aromatic rings. The molecule has 1 atom stereocenters. The number of hydrogen-bond donors (Lipinski definition) is 3. The SMILES string of the molecule is CCC[C@@H](C)Nc1ccc(S(=O)(=O)NCCCOCC)cc1C(=O)O. The summed E-state index contributed by atoms with van der Waals surface area (Å²) in [5.74, 6) is -1.17. The van der Waals surface area contributed by atoms with Gasteiger partial charge in [-0.15, -0.1) is 0 Å². The van der Waals surface area contributed by atoms with Crippen LogP contribution in [0.3, 0.4) is 0 Å². The van der Waals surface area contributed by atoms with Gasteiger partial charge in [0.1, 0.15) is 0 Å². The zero-order valence-corrected chi connectivity index (χ0v) is 15.9. The molecule has 0 fully saturated rings. The largest absolute Gasteiger partial charge is 0.478 e. The van der Waals surface area contributed by atoms with E-state index in [-0.39, 0.29) is 23.0 Å². The molecule has 3 N–H and O–H groups in total. The smallest absolute Gasteiger partial charge is 0.337 e. The number of hydrogen-bond acceptors (Lipinski definition) is 5. The third-order valence-electron chi connectivity index (χ3n) is 3.62. The fourth-order valence-electron chi connectivity index (χ4n) is 2.37. The van der Waals surface area contributed by atoms with Crippen molar-refractivity contribution in [2.75, 3.05) is 25.1 Å². The fourth-order valence-corrected chi connectivity index (χ4v) is 3.47. The van der Waals surface area contributed by atoms with Crippen LogP contribution < -0.4 is 10.0 Å². The van der Waals surface area contributed by atoms with E-state index in [1.54, 1.807) is 0 Å². The first kappa shape index (κ1) is 21.4. The molecule has 0 saturated carbocycles. The molecule has 0 aliphatic heterocycles. The van der Waals surface area contributed by atoms with Gasteiger partial charge in [-0.3, -0.25) is 0 Å². The second kappa shape index (κ2) is 10.4. The van der Waals surface area contributed by atoms with E-state index in [1.165, 1.54) is 18.2 Å². The van der Waals surface area contributed by atoms with Gasteiger partial charge in [0.2, 0.25) is 10.0 Å². The lowest BCUT2D eigenvalue weighted by Crippen LogP contribution is -2.26. The van der Waals surface area contributed by atoms with Crippen LogP contribution in [-0.2, 0) is 14.8 Å². The normalized spacial score (nSPS) is 12.8. The van der Waals surface area contributed by atoms with Crippen LogP contribution in [-0.4, -0.2) is 45.3 Å². The van der Waals surface area contributed by atoms with E-state index >= 15 is 0 Å². The Bertz CT molecular complexity index is 661. The van der Waals surface area contributed by atoms with Crippen molar-refractivity contribution < 1.29 is 23.1 Å². The monoisotopic (exact) mass is 372 g/mol. The second-order valence-corrected chi connectivity index (χ2v) is 7.56. The van der Waals surface area contributed by atoms with Crippen molar-refractivity contribution >= 4 is 21.7 Å². The summed E-state index contributed by atoms with van der Waals surface area (Å²) < 4.78 is 32.2. The Labute approximate surface area is 149 Å². The molecular formula is C17H28N2O5S. The molecule has 1 aromatic carbocycles. The number of rotatable bonds is 12. The number of anilines is 1. The first-order chi connectivity index (χ1) is 11.8. The van der Waals surface area contributed by atoms with Gasteiger partial charge in [-0.1, -0.05) is 13.3 Å². The van der Waals surface area contributed by atoms with Crippen molar-refractivity contribution in [1.29, 1.82) is 0 Å². The molecule has 1 rings (SSSR count). The molecule has 0 unspecified atom stereocenters. The van der Waals surface area contributed by atoms with Gasteiger partial charge >= 0.3 is 5.97 Å². The predicted molar refractivity (Wildman–Crippen MR) is 97.7 cm³/mol. The van der Waals surface area contributed by atoms with Crippen LogP contribution in [0.4, 0.5) is 5.69 Å². The lowest BCUT2D eigenvalue weighted by Gasteiger charge is -2.17. The summed E-state index contributed by atoms with van der Waals surface area (Å²) in [4.78, 5) is 11.4. The van der Waals surface area contributed by atoms with E-state index in [1.807, 2.05) is 20.8 Å². The van der Waals surface area contributed by atoms with Gasteiger partial charge in [0, 0.05) is 31.5 Å². The number of sulfonamides is 1. The molecule has 8 heteroatoms. The molecule has 7 nitrogen and oxygen atoms in total. The molecule has 0 spiro atoms. The van der Waals surface area contributed by atoms with Gasteiger partial charge < -0.3 is 15.2 Å². The van der Waals surface area contributed by atoms with Crippen LogP contribution in [0, 0.1) is 0 Å². The van der Waals surface area contributed by atoms with Crippen molar-refractivity contribution in [1.82, 2.24) is 4.72 Å². The summed E-state index contributed by atoms with van der Waals surface area (Å²) in [5.41, 5.74) is 0.365. The van der Waals surface area contributed by atoms with Crippen molar-refractivity contribution in [3.05, 3.63) is 23.8 Å². The minimum Gasteiger partial charge on any atom is -0.478 e. The highest BCUT2D eigenvalue weighted by molar-refractivity contribution is 7.89. The molecule has 0 amide bonds. The first-order valence-electron chi connectivity index (χ1n) is 8.53. The number of benzene rings is 1. The average molecular weight is 372 g/mol. The highest BCUT2D eigenvalue weighted by atomic mass is 32.2. The molecular weight excluding hydrogens is 344 g/mol. The van der Waals surface area contributed by atoms with Gasteiger partial charge in [-0.05, 0) is 44.9 Å². The van der Waals surface area contributed by atoms with Gasteiger partial charge in [0.25, 0.3) is 0 Å². The minimum atomic E-state index is -3.76. The van der Waals surface area contributed by atoms with E-state index < -0.39 is 16.0 Å². The molecule has 0 aliphatic rings. The highest BCUT2D eigenvalue weighted by Crippen LogP contribution is 2.22. The average Bonchev–Trinajstić information content (AvgIpc) is 2.54. The zero-order valence-electron chi connectivity index (χ0n) is 15.0. The number of carboxylic acids is 1. The molecule has 25 heavy (non-hydrogen) atoms. The summed E-state index contributed by atoms with van der Waals surface area (Å²) in [5, 5.41) is 12.5. The molecule has 0 aromatic heterocycles. The maximum absolute atomic E-state index is 12.3. The van der Waals surface area contributed by atoms with Crippen LogP contribution in [0.2, 0.25) is 0 Å². The molecule has 0 saturated heterocycles. The Morgan fingerprint density at radius 2 is 2.04 bits per heavy atom. The van der Waals surface area contributed by atoms with Crippen molar-refractivity contribution in [3.8, 4) is 0 Å². The summed E-state index contributed by atoms with van der Waals surface area (Å²) in [6.45, 7) is 7.16. The van der Waals surface area contributed by atoms with E-state index in [0.717, 1.165) is 12.8 Å². The van der Waals surface area contributed by atoms with Crippen LogP contribution in [0.5, 0.6) is 0 Å². The second-order valence-electron chi connectivity index (χ2n) is 5.79. The number of ether oxygens (including phenoxy) is 1. The molecule has 0 radical (unpaired) electrons. The van der Waals surface area contributed by atoms with E-state index in [0.29, 0.717) is 25.3 Å². The Kier molecular flexibility index (Phi) is 8.88. The van der Waals surface area contributed by atoms with Gasteiger partial charge in [0.05, 0.1) is 10.5 Å². The van der Waals surface area contributed by atoms with Gasteiger partial charge in [-0.25, -0.2) is 17.9 Å². The van der Waals surface area contributed by atoms with E-state index in [4.69, 9.17) is 4.74 Å². The number of carbonyl (C=O) groups is 1. The molecule has 0 bridgehead atoms. The number of nitrogens with one attached hydrogen (secondary N) is 2. The maximum atomic E-state index is 12.3.